The molecule has 0 amide bonds. The van der Waals surface area contributed by atoms with E-state index in [4.69, 9.17) is 19.4 Å². The maximum absolute atomic E-state index is 5.90. The molecule has 2 aromatic rings. The van der Waals surface area contributed by atoms with Crippen molar-refractivity contribution in [3.05, 3.63) is 54.2 Å². The van der Waals surface area contributed by atoms with Crippen molar-refractivity contribution in [3.63, 3.8) is 0 Å². The monoisotopic (exact) mass is 339 g/mol. The van der Waals surface area contributed by atoms with Gasteiger partial charge in [0.05, 0.1) is 0 Å². The summed E-state index contributed by atoms with van der Waals surface area (Å²) in [6.45, 7) is 0. The molecule has 1 aromatic carbocycles. The third-order valence-corrected chi connectivity index (χ3v) is 3.92. The SMILES string of the molecule is [Cl][Ru]([Cl])=[CH]c1ccccc1-c1ccccn1. The van der Waals surface area contributed by atoms with Gasteiger partial charge in [0.1, 0.15) is 0 Å². The molecule has 1 heterocycles. The second kappa shape index (κ2) is 5.68. The molecule has 1 nitrogen and oxygen atoms in total. The van der Waals surface area contributed by atoms with Crippen LogP contribution in [0.4, 0.5) is 0 Å². The first-order valence-corrected chi connectivity index (χ1v) is 10.1. The summed E-state index contributed by atoms with van der Waals surface area (Å²) in [6.07, 6.45) is 1.78. The van der Waals surface area contributed by atoms with Crippen LogP contribution in [0.1, 0.15) is 5.56 Å². The second-order valence-corrected chi connectivity index (χ2v) is 8.83. The van der Waals surface area contributed by atoms with Crippen molar-refractivity contribution in [2.45, 2.75) is 0 Å². The summed E-state index contributed by atoms with van der Waals surface area (Å²) in [5.41, 5.74) is 3.08. The van der Waals surface area contributed by atoms with Crippen LogP contribution in [-0.4, -0.2) is 9.59 Å². The van der Waals surface area contributed by atoms with Crippen LogP contribution in [0.25, 0.3) is 11.3 Å². The first-order valence-electron chi connectivity index (χ1n) is 4.61. The second-order valence-electron chi connectivity index (χ2n) is 3.11. The Balaban J connectivity index is 2.53. The molecule has 4 heteroatoms. The zero-order chi connectivity index (χ0) is 11.4. The molecule has 0 saturated carbocycles. The van der Waals surface area contributed by atoms with Crippen LogP contribution in [0.15, 0.2) is 48.7 Å². The number of benzene rings is 1. The third kappa shape index (κ3) is 2.98. The standard InChI is InChI=1S/C12H9N.2ClH.Ru/c1-10-6-2-3-7-11(10)12-8-4-5-9-13-12;;;/h1-9H;2*1H;/q;;;+2/p-2. The Bertz CT molecular complexity index is 507. The molecule has 0 saturated heterocycles. The number of rotatable bonds is 2. The van der Waals surface area contributed by atoms with Gasteiger partial charge in [-0.1, -0.05) is 0 Å². The summed E-state index contributed by atoms with van der Waals surface area (Å²) < 4.78 is 1.94. The predicted molar refractivity (Wildman–Crippen MR) is 66.5 cm³/mol. The number of hydrogen-bond donors (Lipinski definition) is 0. The first kappa shape index (κ1) is 11.9. The predicted octanol–water partition coefficient (Wildman–Crippen LogP) is 3.82. The zero-order valence-corrected chi connectivity index (χ0v) is 11.5. The summed E-state index contributed by atoms with van der Waals surface area (Å²) in [7, 11) is 11.8. The van der Waals surface area contributed by atoms with Crippen LogP contribution < -0.4 is 0 Å². The molecule has 1 aromatic heterocycles. The molecule has 16 heavy (non-hydrogen) atoms. The van der Waals surface area contributed by atoms with Gasteiger partial charge < -0.3 is 0 Å². The van der Waals surface area contributed by atoms with Gasteiger partial charge in [-0.2, -0.15) is 0 Å². The summed E-state index contributed by atoms with van der Waals surface area (Å²) in [5, 5.41) is 0. The molecule has 0 bridgehead atoms. The van der Waals surface area contributed by atoms with Crippen molar-refractivity contribution in [2.24, 2.45) is 0 Å². The van der Waals surface area contributed by atoms with E-state index in [-0.39, 0.29) is 0 Å². The molecule has 0 N–H and O–H groups in total. The number of halogens is 2. The van der Waals surface area contributed by atoms with E-state index >= 15 is 0 Å². The summed E-state index contributed by atoms with van der Waals surface area (Å²) >= 11 is -1.80. The van der Waals surface area contributed by atoms with E-state index in [0.717, 1.165) is 16.8 Å². The van der Waals surface area contributed by atoms with Gasteiger partial charge in [0.25, 0.3) is 0 Å². The Morgan fingerprint density at radius 1 is 1.00 bits per heavy atom. The third-order valence-electron chi connectivity index (χ3n) is 2.09. The van der Waals surface area contributed by atoms with Gasteiger partial charge in [0.15, 0.2) is 0 Å². The topological polar surface area (TPSA) is 12.9 Å². The van der Waals surface area contributed by atoms with Crippen molar-refractivity contribution in [2.75, 3.05) is 0 Å². The Hall–Kier alpha value is -0.557. The Morgan fingerprint density at radius 2 is 1.75 bits per heavy atom. The van der Waals surface area contributed by atoms with Crippen molar-refractivity contribution in [1.29, 1.82) is 0 Å². The van der Waals surface area contributed by atoms with Crippen LogP contribution in [-0.2, 0) is 13.5 Å². The van der Waals surface area contributed by atoms with Crippen molar-refractivity contribution >= 4 is 24.0 Å². The van der Waals surface area contributed by atoms with Crippen LogP contribution >= 0.6 is 19.4 Å². The number of hydrogen-bond acceptors (Lipinski definition) is 1. The average Bonchev–Trinajstić information content (AvgIpc) is 2.30. The molecule has 2 rings (SSSR count). The molecule has 0 aliphatic rings. The maximum atomic E-state index is 5.90. The molecular formula is C12H9Cl2NRu. The molecule has 0 atom stereocenters. The fourth-order valence-corrected chi connectivity index (χ4v) is 3.25. The molecule has 0 unspecified atom stereocenters. The molecular weight excluding hydrogens is 330 g/mol. The van der Waals surface area contributed by atoms with Gasteiger partial charge in [0, 0.05) is 0 Å². The first-order chi connectivity index (χ1) is 7.77. The summed E-state index contributed by atoms with van der Waals surface area (Å²) in [4.78, 5) is 4.33. The van der Waals surface area contributed by atoms with Crippen LogP contribution in [0.2, 0.25) is 0 Å². The van der Waals surface area contributed by atoms with E-state index < -0.39 is 13.5 Å². The number of nitrogens with zero attached hydrogens (tertiary/aromatic N) is 1. The van der Waals surface area contributed by atoms with Gasteiger partial charge in [-0.15, -0.1) is 0 Å². The average molecular weight is 339 g/mol. The van der Waals surface area contributed by atoms with Gasteiger partial charge >= 0.3 is 108 Å². The van der Waals surface area contributed by atoms with E-state index in [9.17, 15) is 0 Å². The molecule has 0 aliphatic heterocycles. The van der Waals surface area contributed by atoms with E-state index in [1.807, 2.05) is 47.1 Å². The molecule has 0 fully saturated rings. The van der Waals surface area contributed by atoms with E-state index in [2.05, 4.69) is 4.98 Å². The number of aromatic nitrogens is 1. The van der Waals surface area contributed by atoms with Crippen LogP contribution in [0.3, 0.4) is 0 Å². The van der Waals surface area contributed by atoms with E-state index in [1.54, 1.807) is 6.20 Å². The molecule has 0 radical (unpaired) electrons. The van der Waals surface area contributed by atoms with Crippen LogP contribution in [0, 0.1) is 0 Å². The minimum atomic E-state index is -1.80. The Morgan fingerprint density at radius 3 is 2.44 bits per heavy atom. The fraction of sp³-hybridized carbons (Fsp3) is 0. The van der Waals surface area contributed by atoms with Gasteiger partial charge in [-0.3, -0.25) is 0 Å². The van der Waals surface area contributed by atoms with Crippen molar-refractivity contribution < 1.29 is 13.5 Å². The summed E-state index contributed by atoms with van der Waals surface area (Å²) in [5.74, 6) is 0. The molecule has 0 aliphatic carbocycles. The van der Waals surface area contributed by atoms with Crippen molar-refractivity contribution in [3.8, 4) is 11.3 Å². The van der Waals surface area contributed by atoms with E-state index in [0.29, 0.717) is 0 Å². The molecule has 0 spiro atoms. The quantitative estimate of drug-likeness (QED) is 0.758. The normalized spacial score (nSPS) is 11.0. The fourth-order valence-electron chi connectivity index (χ4n) is 1.42. The Kier molecular flexibility index (Phi) is 4.23. The van der Waals surface area contributed by atoms with E-state index in [1.165, 1.54) is 0 Å². The number of pyridine rings is 1. The van der Waals surface area contributed by atoms with Gasteiger partial charge in [-0.25, -0.2) is 0 Å². The Labute approximate surface area is 108 Å². The summed E-state index contributed by atoms with van der Waals surface area (Å²) in [6, 6.07) is 13.8. The minimum absolute atomic E-state index is 0.943. The molecule has 84 valence electrons. The van der Waals surface area contributed by atoms with Gasteiger partial charge in [-0.05, 0) is 0 Å². The van der Waals surface area contributed by atoms with Gasteiger partial charge in [0.2, 0.25) is 0 Å². The van der Waals surface area contributed by atoms with Crippen molar-refractivity contribution in [1.82, 2.24) is 4.98 Å². The zero-order valence-electron chi connectivity index (χ0n) is 8.25. The van der Waals surface area contributed by atoms with Crippen LogP contribution in [0.5, 0.6) is 0 Å².